The van der Waals surface area contributed by atoms with Crippen LogP contribution in [0.5, 0.6) is 0 Å². The van der Waals surface area contributed by atoms with Gasteiger partial charge in [-0.05, 0) is 81.3 Å². The fourth-order valence-electron chi connectivity index (χ4n) is 8.81. The molecule has 0 bridgehead atoms. The topological polar surface area (TPSA) is 100 Å². The van der Waals surface area contributed by atoms with Crippen molar-refractivity contribution in [2.45, 2.75) is 0 Å². The van der Waals surface area contributed by atoms with E-state index < -0.39 is 0 Å². The van der Waals surface area contributed by atoms with Gasteiger partial charge >= 0.3 is 20.1 Å². The van der Waals surface area contributed by atoms with Gasteiger partial charge in [0, 0.05) is 18.6 Å². The van der Waals surface area contributed by atoms with Crippen molar-refractivity contribution in [2.24, 2.45) is 0 Å². The Morgan fingerprint density at radius 3 is 1.30 bits per heavy atom. The molecule has 0 saturated heterocycles. The zero-order chi connectivity index (χ0) is 46.6. The summed E-state index contributed by atoms with van der Waals surface area (Å²) >= 11 is 0. The van der Waals surface area contributed by atoms with Gasteiger partial charge in [-0.2, -0.15) is 10.2 Å². The van der Waals surface area contributed by atoms with Crippen LogP contribution in [0.15, 0.2) is 231 Å². The summed E-state index contributed by atoms with van der Waals surface area (Å²) in [5.74, 6) is 1.30. The van der Waals surface area contributed by atoms with Crippen molar-refractivity contribution in [1.29, 1.82) is 0 Å². The number of hydrogen-bond acceptors (Lipinski definition) is 7. The van der Waals surface area contributed by atoms with Gasteiger partial charge in [-0.3, -0.25) is 0 Å². The van der Waals surface area contributed by atoms with Gasteiger partial charge in [-0.15, -0.1) is 83.4 Å². The van der Waals surface area contributed by atoms with Crippen LogP contribution in [-0.4, -0.2) is 44.5 Å². The van der Waals surface area contributed by atoms with Crippen LogP contribution in [0, 0.1) is 18.2 Å². The van der Waals surface area contributed by atoms with E-state index in [-0.39, 0.29) is 20.1 Å². The Balaban J connectivity index is 0.00000547. The predicted molar refractivity (Wildman–Crippen MR) is 275 cm³/mol. The van der Waals surface area contributed by atoms with Gasteiger partial charge in [0.1, 0.15) is 24.3 Å². The van der Waals surface area contributed by atoms with Crippen molar-refractivity contribution in [3.8, 4) is 112 Å². The Kier molecular flexibility index (Phi) is 12.4. The van der Waals surface area contributed by atoms with Gasteiger partial charge < -0.3 is 15.0 Å². The fraction of sp³-hybridized carbons (Fsp3) is 0. The minimum atomic E-state index is 0. The average Bonchev–Trinajstić information content (AvgIpc) is 4.16. The fourth-order valence-corrected chi connectivity index (χ4v) is 8.81. The molecule has 12 rings (SSSR count). The summed E-state index contributed by atoms with van der Waals surface area (Å²) in [7, 11) is 0. The summed E-state index contributed by atoms with van der Waals surface area (Å²) in [5.41, 5.74) is 16.9. The Bertz CT molecular complexity index is 3590. The zero-order valence-corrected chi connectivity index (χ0v) is 40.2. The van der Waals surface area contributed by atoms with E-state index in [0.717, 1.165) is 101 Å². The number of rotatable bonds is 11. The first-order chi connectivity index (χ1) is 34.7. The van der Waals surface area contributed by atoms with Gasteiger partial charge in [-0.1, -0.05) is 143 Å². The van der Waals surface area contributed by atoms with Crippen LogP contribution in [0.3, 0.4) is 0 Å². The molecule has 9 nitrogen and oxygen atoms in total. The van der Waals surface area contributed by atoms with Crippen molar-refractivity contribution < 1.29 is 20.1 Å². The molecule has 12 aromatic rings. The molecule has 71 heavy (non-hydrogen) atoms. The summed E-state index contributed by atoms with van der Waals surface area (Å²) < 4.78 is 3.72. The van der Waals surface area contributed by atoms with Gasteiger partial charge in [-0.25, -0.2) is 19.3 Å². The molecule has 0 aliphatic rings. The second-order valence-corrected chi connectivity index (χ2v) is 16.5. The molecule has 0 radical (unpaired) electrons. The summed E-state index contributed by atoms with van der Waals surface area (Å²) in [6.45, 7) is 0. The summed E-state index contributed by atoms with van der Waals surface area (Å²) in [4.78, 5) is 23.3. The average molecular weight is 1090 g/mol. The second-order valence-electron chi connectivity index (χ2n) is 16.5. The van der Waals surface area contributed by atoms with Crippen LogP contribution in [0.4, 0.5) is 0 Å². The maximum absolute atomic E-state index is 4.83. The van der Waals surface area contributed by atoms with E-state index >= 15 is 0 Å². The van der Waals surface area contributed by atoms with Crippen molar-refractivity contribution in [3.05, 3.63) is 250 Å². The summed E-state index contributed by atoms with van der Waals surface area (Å²) in [5, 5.41) is 9.67. The first-order valence-electron chi connectivity index (χ1n) is 22.8. The van der Waals surface area contributed by atoms with E-state index in [1.54, 1.807) is 25.0 Å². The van der Waals surface area contributed by atoms with E-state index in [1.807, 2.05) is 113 Å². The van der Waals surface area contributed by atoms with E-state index in [2.05, 4.69) is 131 Å². The Morgan fingerprint density at radius 1 is 0.310 bits per heavy atom. The predicted octanol–water partition coefficient (Wildman–Crippen LogP) is 13.4. The number of benzene rings is 7. The van der Waals surface area contributed by atoms with Gasteiger partial charge in [0.25, 0.3) is 0 Å². The third kappa shape index (κ3) is 9.04. The molecule has 0 amide bonds. The first-order valence-corrected chi connectivity index (χ1v) is 22.8. The van der Waals surface area contributed by atoms with Crippen molar-refractivity contribution >= 4 is 0 Å². The van der Waals surface area contributed by atoms with E-state index in [0.29, 0.717) is 11.6 Å². The molecule has 0 N–H and O–H groups in total. The normalized spacial score (nSPS) is 11.0. The monoisotopic (exact) mass is 1090 g/mol. The minimum absolute atomic E-state index is 0. The SMILES string of the molecule is [Ir+3].[c-]1cc(-c2ncnn2-c2cc(-c3ccccc3-c3c[c-]c(-c4ccccn4)cc3-c3ccc(-c4ccccc4)cc3)cc(-n3ncnc3-c3c[c-]c(-c4ccccn4)cc3)c2)ccc1-c1ccccn1. The van der Waals surface area contributed by atoms with E-state index in [1.165, 1.54) is 0 Å². The van der Waals surface area contributed by atoms with Crippen LogP contribution in [0.25, 0.3) is 112 Å². The zero-order valence-electron chi connectivity index (χ0n) is 37.8. The maximum atomic E-state index is 4.83. The number of nitrogens with zero attached hydrogens (tertiary/aromatic N) is 9. The molecule has 0 aliphatic heterocycles. The Labute approximate surface area is 424 Å². The third-order valence-corrected chi connectivity index (χ3v) is 12.2. The number of hydrogen-bond donors (Lipinski definition) is 0. The molecule has 0 unspecified atom stereocenters. The van der Waals surface area contributed by atoms with Crippen molar-refractivity contribution in [2.75, 3.05) is 0 Å². The molecular weight excluding hydrogens is 1050 g/mol. The number of aromatic nitrogens is 9. The van der Waals surface area contributed by atoms with Crippen LogP contribution < -0.4 is 0 Å². The third-order valence-electron chi connectivity index (χ3n) is 12.2. The standard InChI is InChI=1S/C61H38N9.Ir/c1-2-12-42(13-3-1)43-19-21-44(22-20-43)56-38-49(59-18-8-11-35-64-59)31-32-55(56)54-15-5-4-14-53(54)50-36-51(69-60(65-40-67-69)47-27-23-45(24-28-47)57-16-6-9-33-62-57)39-52(37-50)70-61(66-41-68-70)48-29-25-46(26-30-48)58-17-7-10-34-63-58;/h1-23,25,27-30,32-41H;/q-3;+3. The maximum Gasteiger partial charge on any atom is 3.00 e. The molecule has 0 spiro atoms. The molecule has 5 aromatic heterocycles. The molecular formula is C61H38IrN9. The van der Waals surface area contributed by atoms with Gasteiger partial charge in [0.2, 0.25) is 0 Å². The van der Waals surface area contributed by atoms with Gasteiger partial charge in [0.15, 0.2) is 0 Å². The summed E-state index contributed by atoms with van der Waals surface area (Å²) in [6, 6.07) is 78.4. The molecule has 0 fully saturated rings. The quantitative estimate of drug-likeness (QED) is 0.119. The van der Waals surface area contributed by atoms with Crippen LogP contribution >= 0.6 is 0 Å². The van der Waals surface area contributed by atoms with Crippen molar-refractivity contribution in [3.63, 3.8) is 0 Å². The van der Waals surface area contributed by atoms with Crippen LogP contribution in [0.1, 0.15) is 0 Å². The van der Waals surface area contributed by atoms with Crippen LogP contribution in [-0.2, 0) is 20.1 Å². The summed E-state index contributed by atoms with van der Waals surface area (Å²) in [6.07, 6.45) is 8.54. The van der Waals surface area contributed by atoms with E-state index in [4.69, 9.17) is 25.1 Å². The van der Waals surface area contributed by atoms with Gasteiger partial charge in [0.05, 0.1) is 11.4 Å². The minimum Gasteiger partial charge on any atom is -0.305 e. The second kappa shape index (κ2) is 19.9. The Morgan fingerprint density at radius 2 is 0.775 bits per heavy atom. The number of pyridine rings is 3. The largest absolute Gasteiger partial charge is 3.00 e. The van der Waals surface area contributed by atoms with E-state index in [9.17, 15) is 0 Å². The molecule has 5 heterocycles. The molecule has 0 aliphatic carbocycles. The smallest absolute Gasteiger partial charge is 0.305 e. The van der Waals surface area contributed by atoms with Crippen LogP contribution in [0.2, 0.25) is 0 Å². The molecule has 7 aromatic carbocycles. The molecule has 336 valence electrons. The molecule has 0 saturated carbocycles. The Hall–Kier alpha value is -9.08. The molecule has 0 atom stereocenters. The van der Waals surface area contributed by atoms with Crippen molar-refractivity contribution in [1.82, 2.24) is 44.5 Å². The molecule has 10 heteroatoms. The first kappa shape index (κ1) is 44.4.